The van der Waals surface area contributed by atoms with E-state index in [1.807, 2.05) is 32.0 Å². The highest BCUT2D eigenvalue weighted by atomic mass is 16.3. The third kappa shape index (κ3) is 5.06. The van der Waals surface area contributed by atoms with Gasteiger partial charge in [0.1, 0.15) is 0 Å². The predicted molar refractivity (Wildman–Crippen MR) is 93.9 cm³/mol. The van der Waals surface area contributed by atoms with Crippen LogP contribution in [-0.4, -0.2) is 47.6 Å². The molecule has 0 radical (unpaired) electrons. The van der Waals surface area contributed by atoms with E-state index in [0.29, 0.717) is 31.6 Å². The fourth-order valence-electron chi connectivity index (χ4n) is 3.20. The molecule has 0 unspecified atom stereocenters. The summed E-state index contributed by atoms with van der Waals surface area (Å²) in [6, 6.07) is 5.86. The second-order valence-electron chi connectivity index (χ2n) is 6.90. The van der Waals surface area contributed by atoms with Crippen LogP contribution in [0.2, 0.25) is 0 Å². The molecule has 5 heteroatoms. The number of piperidine rings is 1. The molecule has 0 aromatic heterocycles. The smallest absolute Gasteiger partial charge is 0.253 e. The van der Waals surface area contributed by atoms with Gasteiger partial charge in [0.25, 0.3) is 5.91 Å². The zero-order chi connectivity index (χ0) is 17.7. The van der Waals surface area contributed by atoms with Gasteiger partial charge in [0, 0.05) is 25.2 Å². The lowest BCUT2D eigenvalue weighted by molar-refractivity contribution is -0.126. The van der Waals surface area contributed by atoms with Crippen LogP contribution < -0.4 is 5.32 Å². The van der Waals surface area contributed by atoms with E-state index in [2.05, 4.69) is 5.32 Å². The number of aliphatic hydroxyl groups excluding tert-OH is 1. The largest absolute Gasteiger partial charge is 0.393 e. The van der Waals surface area contributed by atoms with Gasteiger partial charge in [-0.1, -0.05) is 17.2 Å². The van der Waals surface area contributed by atoms with E-state index in [4.69, 9.17) is 0 Å². The predicted octanol–water partition coefficient (Wildman–Crippen LogP) is 2.04. The Morgan fingerprint density at radius 3 is 2.58 bits per heavy atom. The number of hydrogen-bond donors (Lipinski definition) is 2. The molecule has 1 aromatic rings. The maximum Gasteiger partial charge on any atom is 0.253 e. The Bertz CT molecular complexity index is 578. The van der Waals surface area contributed by atoms with Crippen LogP contribution in [0.25, 0.3) is 0 Å². The molecule has 0 saturated carbocycles. The van der Waals surface area contributed by atoms with Crippen molar-refractivity contribution in [1.82, 2.24) is 10.2 Å². The van der Waals surface area contributed by atoms with E-state index in [-0.39, 0.29) is 17.7 Å². The average molecular weight is 332 g/mol. The Morgan fingerprint density at radius 1 is 1.29 bits per heavy atom. The van der Waals surface area contributed by atoms with Crippen LogP contribution in [0.15, 0.2) is 18.2 Å². The highest BCUT2D eigenvalue weighted by Crippen LogP contribution is 2.20. The highest BCUT2D eigenvalue weighted by molar-refractivity contribution is 5.95. The molecule has 1 saturated heterocycles. The third-order valence-electron chi connectivity index (χ3n) is 4.41. The third-order valence-corrected chi connectivity index (χ3v) is 4.41. The average Bonchev–Trinajstić information content (AvgIpc) is 2.53. The molecular formula is C19H28N2O3. The molecule has 1 heterocycles. The second-order valence-corrected chi connectivity index (χ2v) is 6.90. The minimum absolute atomic E-state index is 0.00304. The number of hydrogen-bond acceptors (Lipinski definition) is 3. The maximum absolute atomic E-state index is 12.7. The van der Waals surface area contributed by atoms with Crippen LogP contribution in [0.3, 0.4) is 0 Å². The van der Waals surface area contributed by atoms with Crippen molar-refractivity contribution in [2.24, 2.45) is 5.92 Å². The van der Waals surface area contributed by atoms with Gasteiger partial charge in [-0.25, -0.2) is 0 Å². The molecule has 2 atom stereocenters. The van der Waals surface area contributed by atoms with Crippen LogP contribution in [0.1, 0.15) is 47.7 Å². The summed E-state index contributed by atoms with van der Waals surface area (Å²) in [5.41, 5.74) is 2.84. The van der Waals surface area contributed by atoms with Crippen LogP contribution >= 0.6 is 0 Å². The minimum Gasteiger partial charge on any atom is -0.393 e. The fraction of sp³-hybridized carbons (Fsp3) is 0.579. The molecule has 0 spiro atoms. The molecule has 1 aliphatic heterocycles. The lowest BCUT2D eigenvalue weighted by atomic mass is 9.96. The summed E-state index contributed by atoms with van der Waals surface area (Å²) in [5, 5.41) is 12.1. The zero-order valence-electron chi connectivity index (χ0n) is 14.8. The molecule has 132 valence electrons. The van der Waals surface area contributed by atoms with E-state index in [9.17, 15) is 14.7 Å². The first-order chi connectivity index (χ1) is 11.4. The topological polar surface area (TPSA) is 69.6 Å². The van der Waals surface area contributed by atoms with Gasteiger partial charge in [0.2, 0.25) is 5.91 Å². The highest BCUT2D eigenvalue weighted by Gasteiger charge is 2.28. The molecule has 0 aliphatic carbocycles. The first-order valence-electron chi connectivity index (χ1n) is 8.70. The maximum atomic E-state index is 12.7. The SMILES string of the molecule is Cc1cc(C)cc(C(=O)N2CCC[C@@H](C(=O)NCC[C@H](C)O)C2)c1. The molecule has 0 bridgehead atoms. The molecule has 1 aromatic carbocycles. The van der Waals surface area contributed by atoms with Crippen LogP contribution in [-0.2, 0) is 4.79 Å². The molecule has 2 amide bonds. The van der Waals surface area contributed by atoms with Gasteiger partial charge in [-0.05, 0) is 52.2 Å². The van der Waals surface area contributed by atoms with E-state index < -0.39 is 6.10 Å². The van der Waals surface area contributed by atoms with Crippen molar-refractivity contribution < 1.29 is 14.7 Å². The lowest BCUT2D eigenvalue weighted by Crippen LogP contribution is -2.45. The first-order valence-corrected chi connectivity index (χ1v) is 8.70. The van der Waals surface area contributed by atoms with Gasteiger partial charge >= 0.3 is 0 Å². The molecule has 1 aliphatic rings. The first kappa shape index (κ1) is 18.5. The molecule has 24 heavy (non-hydrogen) atoms. The summed E-state index contributed by atoms with van der Waals surface area (Å²) in [6.45, 7) is 7.31. The van der Waals surface area contributed by atoms with E-state index in [0.717, 1.165) is 24.0 Å². The number of likely N-dealkylation sites (tertiary alicyclic amines) is 1. The minimum atomic E-state index is -0.417. The summed E-state index contributed by atoms with van der Waals surface area (Å²) in [5.74, 6) is -0.181. The van der Waals surface area contributed by atoms with Crippen LogP contribution in [0, 0.1) is 19.8 Å². The number of benzene rings is 1. The van der Waals surface area contributed by atoms with Gasteiger partial charge in [0.15, 0.2) is 0 Å². The number of rotatable bonds is 5. The Morgan fingerprint density at radius 2 is 1.96 bits per heavy atom. The molecular weight excluding hydrogens is 304 g/mol. The summed E-state index contributed by atoms with van der Waals surface area (Å²) in [6.07, 6.45) is 1.77. The Hall–Kier alpha value is -1.88. The van der Waals surface area contributed by atoms with Crippen molar-refractivity contribution in [2.75, 3.05) is 19.6 Å². The van der Waals surface area contributed by atoms with Gasteiger partial charge in [-0.2, -0.15) is 0 Å². The Kier molecular flexibility index (Phi) is 6.37. The standard InChI is InChI=1S/C19H28N2O3/c1-13-9-14(2)11-17(10-13)19(24)21-8-4-5-16(12-21)18(23)20-7-6-15(3)22/h9-11,15-16,22H,4-8,12H2,1-3H3,(H,20,23)/t15-,16+/m0/s1. The van der Waals surface area contributed by atoms with Gasteiger partial charge in [-0.15, -0.1) is 0 Å². The Balaban J connectivity index is 1.96. The van der Waals surface area contributed by atoms with Crippen molar-refractivity contribution in [3.8, 4) is 0 Å². The van der Waals surface area contributed by atoms with Crippen molar-refractivity contribution in [3.05, 3.63) is 34.9 Å². The van der Waals surface area contributed by atoms with Gasteiger partial charge < -0.3 is 15.3 Å². The van der Waals surface area contributed by atoms with E-state index >= 15 is 0 Å². The number of carbonyl (C=O) groups excluding carboxylic acids is 2. The van der Waals surface area contributed by atoms with Crippen molar-refractivity contribution in [3.63, 3.8) is 0 Å². The fourth-order valence-corrected chi connectivity index (χ4v) is 3.20. The number of aliphatic hydroxyl groups is 1. The monoisotopic (exact) mass is 332 g/mol. The second kappa shape index (κ2) is 8.29. The summed E-state index contributed by atoms with van der Waals surface area (Å²) < 4.78 is 0. The molecule has 5 nitrogen and oxygen atoms in total. The Labute approximate surface area is 144 Å². The molecule has 1 fully saturated rings. The van der Waals surface area contributed by atoms with E-state index in [1.165, 1.54) is 0 Å². The zero-order valence-corrected chi connectivity index (χ0v) is 14.8. The number of nitrogens with zero attached hydrogens (tertiary/aromatic N) is 1. The van der Waals surface area contributed by atoms with Crippen molar-refractivity contribution in [1.29, 1.82) is 0 Å². The lowest BCUT2D eigenvalue weighted by Gasteiger charge is -2.32. The summed E-state index contributed by atoms with van der Waals surface area (Å²) >= 11 is 0. The van der Waals surface area contributed by atoms with Gasteiger partial charge in [0.05, 0.1) is 12.0 Å². The molecule has 2 rings (SSSR count). The summed E-state index contributed by atoms with van der Waals surface area (Å²) in [7, 11) is 0. The van der Waals surface area contributed by atoms with E-state index in [1.54, 1.807) is 11.8 Å². The van der Waals surface area contributed by atoms with Crippen LogP contribution in [0.4, 0.5) is 0 Å². The van der Waals surface area contributed by atoms with Gasteiger partial charge in [-0.3, -0.25) is 9.59 Å². The normalized spacial score (nSPS) is 19.0. The quantitative estimate of drug-likeness (QED) is 0.867. The number of aryl methyl sites for hydroxylation is 2. The summed E-state index contributed by atoms with van der Waals surface area (Å²) in [4.78, 5) is 26.8. The number of amides is 2. The van der Waals surface area contributed by atoms with Crippen molar-refractivity contribution in [2.45, 2.75) is 46.1 Å². The van der Waals surface area contributed by atoms with Crippen molar-refractivity contribution >= 4 is 11.8 Å². The number of carbonyl (C=O) groups is 2. The number of nitrogens with one attached hydrogen (secondary N) is 1. The molecule has 2 N–H and O–H groups in total. The van der Waals surface area contributed by atoms with Crippen LogP contribution in [0.5, 0.6) is 0 Å².